The predicted octanol–water partition coefficient (Wildman–Crippen LogP) is 3.25. The molecule has 0 saturated heterocycles. The van der Waals surface area contributed by atoms with E-state index in [0.717, 1.165) is 36.1 Å². The van der Waals surface area contributed by atoms with Gasteiger partial charge in [0.1, 0.15) is 0 Å². The summed E-state index contributed by atoms with van der Waals surface area (Å²) in [6.07, 6.45) is 3.19. The van der Waals surface area contributed by atoms with Crippen molar-refractivity contribution < 1.29 is 0 Å². The average Bonchev–Trinajstić information content (AvgIpc) is 2.80. The summed E-state index contributed by atoms with van der Waals surface area (Å²) in [4.78, 5) is 0. The van der Waals surface area contributed by atoms with E-state index in [4.69, 9.17) is 0 Å². The Kier molecular flexibility index (Phi) is 5.73. The van der Waals surface area contributed by atoms with Gasteiger partial charge in [-0.15, -0.1) is 5.10 Å². The Morgan fingerprint density at radius 1 is 1.30 bits per heavy atom. The zero-order valence-electron chi connectivity index (χ0n) is 12.0. The number of hydrogen-bond acceptors (Lipinski definition) is 3. The summed E-state index contributed by atoms with van der Waals surface area (Å²) < 4.78 is 2.68. The van der Waals surface area contributed by atoms with Crippen molar-refractivity contribution in [2.45, 2.75) is 32.2 Å². The normalized spacial score (nSPS) is 12.6. The molecule has 20 heavy (non-hydrogen) atoms. The van der Waals surface area contributed by atoms with Crippen LogP contribution in [0.25, 0.3) is 0 Å². The van der Waals surface area contributed by atoms with E-state index in [1.165, 1.54) is 5.56 Å². The lowest BCUT2D eigenvalue weighted by Gasteiger charge is -2.18. The van der Waals surface area contributed by atoms with Crippen molar-refractivity contribution in [3.05, 3.63) is 46.2 Å². The van der Waals surface area contributed by atoms with Gasteiger partial charge in [-0.05, 0) is 47.3 Å². The molecule has 108 valence electrons. The highest BCUT2D eigenvalue weighted by molar-refractivity contribution is 9.10. The fraction of sp³-hybridized carbons (Fsp3) is 0.467. The fourth-order valence-corrected chi connectivity index (χ4v) is 2.92. The number of halogens is 1. The number of aryl methyl sites for hydroxylation is 2. The lowest BCUT2D eigenvalue weighted by atomic mass is 10.0. The van der Waals surface area contributed by atoms with Crippen molar-refractivity contribution in [2.75, 3.05) is 6.54 Å². The molecule has 4 nitrogen and oxygen atoms in total. The molecule has 5 heteroatoms. The van der Waals surface area contributed by atoms with Crippen LogP contribution in [0.15, 0.2) is 34.9 Å². The molecular weight excluding hydrogens is 316 g/mol. The number of nitrogens with one attached hydrogen (secondary N) is 1. The zero-order valence-corrected chi connectivity index (χ0v) is 13.6. The van der Waals surface area contributed by atoms with E-state index in [1.807, 2.05) is 11.7 Å². The summed E-state index contributed by atoms with van der Waals surface area (Å²) in [7, 11) is 1.94. The van der Waals surface area contributed by atoms with Gasteiger partial charge in [-0.25, -0.2) is 4.68 Å². The maximum Gasteiger partial charge on any atom is 0.153 e. The molecule has 0 radical (unpaired) electrons. The first kappa shape index (κ1) is 15.2. The molecule has 2 aromatic rings. The lowest BCUT2D eigenvalue weighted by molar-refractivity contribution is 0.466. The van der Waals surface area contributed by atoms with Crippen LogP contribution in [0, 0.1) is 0 Å². The molecule has 1 atom stereocenters. The topological polar surface area (TPSA) is 42.7 Å². The van der Waals surface area contributed by atoms with E-state index >= 15 is 0 Å². The second kappa shape index (κ2) is 7.55. The minimum Gasteiger partial charge on any atom is -0.309 e. The van der Waals surface area contributed by atoms with Gasteiger partial charge in [-0.2, -0.15) is 0 Å². The van der Waals surface area contributed by atoms with Crippen LogP contribution in [0.1, 0.15) is 37.1 Å². The van der Waals surface area contributed by atoms with Crippen LogP contribution < -0.4 is 5.32 Å². The standard InChI is InChI=1S/C15H21BrN4/c1-3-11-17-13(14-15(16)18-19-20(14)2)10-9-12-7-5-4-6-8-12/h4-8,13,17H,3,9-11H2,1-2H3. The van der Waals surface area contributed by atoms with Gasteiger partial charge in [0.05, 0.1) is 11.7 Å². The molecule has 0 bridgehead atoms. The number of aromatic nitrogens is 3. The predicted molar refractivity (Wildman–Crippen MR) is 84.5 cm³/mol. The van der Waals surface area contributed by atoms with Gasteiger partial charge >= 0.3 is 0 Å². The van der Waals surface area contributed by atoms with Crippen molar-refractivity contribution in [1.29, 1.82) is 0 Å². The Bertz CT molecular complexity index is 504. The summed E-state index contributed by atoms with van der Waals surface area (Å²) in [6, 6.07) is 10.8. The molecule has 0 saturated carbocycles. The lowest BCUT2D eigenvalue weighted by Crippen LogP contribution is -2.25. The second-order valence-corrected chi connectivity index (χ2v) is 5.67. The molecule has 1 N–H and O–H groups in total. The molecule has 1 heterocycles. The van der Waals surface area contributed by atoms with Gasteiger partial charge in [0.25, 0.3) is 0 Å². The SMILES string of the molecule is CCCNC(CCc1ccccc1)c1c(Br)nnn1C. The summed E-state index contributed by atoms with van der Waals surface area (Å²) in [5, 5.41) is 11.8. The van der Waals surface area contributed by atoms with Crippen LogP contribution in [0.2, 0.25) is 0 Å². The fourth-order valence-electron chi connectivity index (χ4n) is 2.32. The van der Waals surface area contributed by atoms with E-state index in [9.17, 15) is 0 Å². The molecule has 0 fully saturated rings. The van der Waals surface area contributed by atoms with Crippen molar-refractivity contribution in [2.24, 2.45) is 7.05 Å². The van der Waals surface area contributed by atoms with Crippen molar-refractivity contribution in [1.82, 2.24) is 20.3 Å². The molecule has 0 aliphatic heterocycles. The first-order valence-electron chi connectivity index (χ1n) is 7.04. The summed E-state index contributed by atoms with van der Waals surface area (Å²) in [5.41, 5.74) is 2.48. The number of rotatable bonds is 7. The van der Waals surface area contributed by atoms with Gasteiger partial charge in [-0.3, -0.25) is 0 Å². The molecular formula is C15H21BrN4. The molecule has 0 spiro atoms. The van der Waals surface area contributed by atoms with E-state index in [0.29, 0.717) is 0 Å². The van der Waals surface area contributed by atoms with Crippen molar-refractivity contribution in [3.63, 3.8) is 0 Å². The summed E-state index contributed by atoms with van der Waals surface area (Å²) in [6.45, 7) is 3.18. The molecule has 0 aliphatic carbocycles. The minimum atomic E-state index is 0.268. The maximum absolute atomic E-state index is 4.09. The van der Waals surface area contributed by atoms with Crippen LogP contribution in [0.5, 0.6) is 0 Å². The number of benzene rings is 1. The second-order valence-electron chi connectivity index (χ2n) is 4.92. The third kappa shape index (κ3) is 3.90. The Morgan fingerprint density at radius 2 is 2.05 bits per heavy atom. The first-order chi connectivity index (χ1) is 9.72. The first-order valence-corrected chi connectivity index (χ1v) is 7.84. The molecule has 1 aromatic carbocycles. The monoisotopic (exact) mass is 336 g/mol. The number of hydrogen-bond donors (Lipinski definition) is 1. The van der Waals surface area contributed by atoms with Gasteiger partial charge in [0, 0.05) is 7.05 Å². The quantitative estimate of drug-likeness (QED) is 0.843. The largest absolute Gasteiger partial charge is 0.309 e. The average molecular weight is 337 g/mol. The van der Waals surface area contributed by atoms with Crippen LogP contribution >= 0.6 is 15.9 Å². The smallest absolute Gasteiger partial charge is 0.153 e. The van der Waals surface area contributed by atoms with Gasteiger partial charge < -0.3 is 5.32 Å². The zero-order chi connectivity index (χ0) is 14.4. The van der Waals surface area contributed by atoms with Gasteiger partial charge in [-0.1, -0.05) is 42.5 Å². The maximum atomic E-state index is 4.09. The van der Waals surface area contributed by atoms with E-state index in [2.05, 4.69) is 68.8 Å². The highest BCUT2D eigenvalue weighted by Crippen LogP contribution is 2.24. The minimum absolute atomic E-state index is 0.268. The number of nitrogens with zero attached hydrogens (tertiary/aromatic N) is 3. The Hall–Kier alpha value is -1.20. The Labute approximate surface area is 128 Å². The van der Waals surface area contributed by atoms with E-state index in [1.54, 1.807) is 0 Å². The van der Waals surface area contributed by atoms with Gasteiger partial charge in [0.2, 0.25) is 0 Å². The molecule has 2 rings (SSSR count). The van der Waals surface area contributed by atoms with Crippen molar-refractivity contribution in [3.8, 4) is 0 Å². The summed E-state index contributed by atoms with van der Waals surface area (Å²) >= 11 is 3.50. The van der Waals surface area contributed by atoms with Crippen LogP contribution in [-0.2, 0) is 13.5 Å². The summed E-state index contributed by atoms with van der Waals surface area (Å²) in [5.74, 6) is 0. The molecule has 0 amide bonds. The third-order valence-corrected chi connectivity index (χ3v) is 3.93. The van der Waals surface area contributed by atoms with Crippen LogP contribution in [0.3, 0.4) is 0 Å². The van der Waals surface area contributed by atoms with Gasteiger partial charge in [0.15, 0.2) is 4.60 Å². The Balaban J connectivity index is 2.08. The third-order valence-electron chi connectivity index (χ3n) is 3.36. The van der Waals surface area contributed by atoms with Crippen LogP contribution in [0.4, 0.5) is 0 Å². The molecule has 0 aliphatic rings. The Morgan fingerprint density at radius 3 is 2.65 bits per heavy atom. The highest BCUT2D eigenvalue weighted by Gasteiger charge is 2.19. The highest BCUT2D eigenvalue weighted by atomic mass is 79.9. The molecule has 1 unspecified atom stereocenters. The van der Waals surface area contributed by atoms with Crippen LogP contribution in [-0.4, -0.2) is 21.5 Å². The van der Waals surface area contributed by atoms with Crippen molar-refractivity contribution >= 4 is 15.9 Å². The van der Waals surface area contributed by atoms with E-state index in [-0.39, 0.29) is 6.04 Å². The van der Waals surface area contributed by atoms with E-state index < -0.39 is 0 Å². The molecule has 1 aromatic heterocycles.